The highest BCUT2D eigenvalue weighted by Crippen LogP contribution is 2.43. The van der Waals surface area contributed by atoms with Gasteiger partial charge in [0.1, 0.15) is 0 Å². The first-order chi connectivity index (χ1) is 34.7. The summed E-state index contributed by atoms with van der Waals surface area (Å²) in [7, 11) is 0. The lowest BCUT2D eigenvalue weighted by Crippen LogP contribution is -2.34. The van der Waals surface area contributed by atoms with E-state index in [1.165, 1.54) is 38.1 Å². The summed E-state index contributed by atoms with van der Waals surface area (Å²) in [6, 6.07) is 89.5. The molecule has 2 aromatic heterocycles. The van der Waals surface area contributed by atoms with Gasteiger partial charge in [-0.25, -0.2) is 0 Å². The van der Waals surface area contributed by atoms with E-state index in [9.17, 15) is 5.26 Å². The minimum atomic E-state index is 0.418. The molecule has 332 valence electrons. The first-order valence-electron chi connectivity index (χ1n) is 24.0. The monoisotopic (exact) mass is 898 g/mol. The predicted molar refractivity (Wildman–Crippen MR) is 290 cm³/mol. The number of hydrogen-bond donors (Lipinski definition) is 1. The summed E-state index contributed by atoms with van der Waals surface area (Å²) in [6.07, 6.45) is 1.16. The summed E-state index contributed by atoms with van der Waals surface area (Å²) in [5.74, 6) is 0. The van der Waals surface area contributed by atoms with Crippen molar-refractivity contribution in [1.82, 2.24) is 14.5 Å². The van der Waals surface area contributed by atoms with Crippen LogP contribution in [0.3, 0.4) is 0 Å². The molecule has 10 aromatic carbocycles. The van der Waals surface area contributed by atoms with Crippen LogP contribution in [0.25, 0.3) is 66.1 Å². The van der Waals surface area contributed by atoms with Crippen molar-refractivity contribution in [1.29, 1.82) is 5.26 Å². The maximum absolute atomic E-state index is 9.70. The second-order valence-electron chi connectivity index (χ2n) is 18.1. The summed E-state index contributed by atoms with van der Waals surface area (Å²) < 4.78 is 4.71. The van der Waals surface area contributed by atoms with Crippen molar-refractivity contribution in [2.45, 2.75) is 12.5 Å². The van der Waals surface area contributed by atoms with Crippen LogP contribution in [0, 0.1) is 11.3 Å². The average molecular weight is 899 g/mol. The second kappa shape index (κ2) is 17.2. The maximum Gasteiger partial charge on any atom is 0.0991 e. The Labute approximate surface area is 406 Å². The first kappa shape index (κ1) is 41.1. The Morgan fingerprint density at radius 1 is 0.386 bits per heavy atom. The number of nitrogens with zero attached hydrogens (tertiary/aromatic N) is 5. The Hall–Kier alpha value is -9.15. The Kier molecular flexibility index (Phi) is 10.1. The van der Waals surface area contributed by atoms with E-state index in [2.05, 4.69) is 249 Å². The molecule has 1 saturated heterocycles. The second-order valence-corrected chi connectivity index (χ2v) is 18.1. The molecule has 0 spiro atoms. The lowest BCUT2D eigenvalue weighted by atomic mass is 9.97. The van der Waals surface area contributed by atoms with Gasteiger partial charge in [-0.2, -0.15) is 5.26 Å². The molecule has 6 nitrogen and oxygen atoms in total. The van der Waals surface area contributed by atoms with Gasteiger partial charge in [-0.05, 0) is 163 Å². The fourth-order valence-electron chi connectivity index (χ4n) is 10.5. The van der Waals surface area contributed by atoms with Gasteiger partial charge in [-0.15, -0.1) is 0 Å². The molecule has 0 bridgehead atoms. The minimum Gasteiger partial charge on any atom is -0.310 e. The van der Waals surface area contributed by atoms with Gasteiger partial charge in [0.2, 0.25) is 0 Å². The molecule has 1 atom stereocenters. The first-order valence-corrected chi connectivity index (χ1v) is 24.0. The van der Waals surface area contributed by atoms with Crippen molar-refractivity contribution in [3.05, 3.63) is 254 Å². The average Bonchev–Trinajstić information content (AvgIpc) is 3.92. The van der Waals surface area contributed by atoms with Crippen molar-refractivity contribution >= 4 is 77.7 Å². The predicted octanol–water partition coefficient (Wildman–Crippen LogP) is 16.4. The molecule has 0 amide bonds. The molecule has 3 heterocycles. The molecule has 1 aliphatic heterocycles. The number of fused-ring (bicyclic) bond motifs is 6. The summed E-state index contributed by atoms with van der Waals surface area (Å²) >= 11 is 0. The van der Waals surface area contributed by atoms with E-state index >= 15 is 0 Å². The number of aromatic nitrogens is 2. The zero-order valence-corrected chi connectivity index (χ0v) is 38.3. The van der Waals surface area contributed by atoms with E-state index in [-0.39, 0.29) is 0 Å². The van der Waals surface area contributed by atoms with E-state index in [0.29, 0.717) is 11.6 Å². The van der Waals surface area contributed by atoms with Crippen LogP contribution in [-0.4, -0.2) is 15.7 Å². The van der Waals surface area contributed by atoms with E-state index in [4.69, 9.17) is 0 Å². The van der Waals surface area contributed by atoms with Crippen molar-refractivity contribution in [3.63, 3.8) is 0 Å². The molecular weight excluding hydrogens is 853 g/mol. The highest BCUT2D eigenvalue weighted by Gasteiger charge is 2.22. The van der Waals surface area contributed by atoms with Crippen LogP contribution in [0.15, 0.2) is 243 Å². The number of hydrogen-bond acceptors (Lipinski definition) is 4. The van der Waals surface area contributed by atoms with E-state index in [1.54, 1.807) is 0 Å². The van der Waals surface area contributed by atoms with Gasteiger partial charge < -0.3 is 24.3 Å². The van der Waals surface area contributed by atoms with Crippen LogP contribution in [0.1, 0.15) is 23.6 Å². The Morgan fingerprint density at radius 3 is 1.17 bits per heavy atom. The Bertz CT molecular complexity index is 3900. The molecule has 70 heavy (non-hydrogen) atoms. The van der Waals surface area contributed by atoms with E-state index < -0.39 is 0 Å². The quantitative estimate of drug-likeness (QED) is 0.149. The number of benzene rings is 10. The lowest BCUT2D eigenvalue weighted by molar-refractivity contribution is 0.383. The smallest absolute Gasteiger partial charge is 0.0991 e. The third kappa shape index (κ3) is 7.07. The van der Waals surface area contributed by atoms with Crippen LogP contribution in [0.4, 0.5) is 34.1 Å². The van der Waals surface area contributed by atoms with Crippen molar-refractivity contribution in [3.8, 4) is 28.6 Å². The molecule has 0 radical (unpaired) electrons. The van der Waals surface area contributed by atoms with Gasteiger partial charge >= 0.3 is 0 Å². The molecule has 1 fully saturated rings. The Balaban J connectivity index is 0.871. The maximum atomic E-state index is 9.70. The van der Waals surface area contributed by atoms with E-state index in [1.807, 2.05) is 24.3 Å². The van der Waals surface area contributed by atoms with Gasteiger partial charge in [0.15, 0.2) is 0 Å². The molecule has 6 heteroatoms. The molecule has 1 aliphatic rings. The van der Waals surface area contributed by atoms with Gasteiger partial charge in [-0.3, -0.25) is 0 Å². The fourth-order valence-corrected chi connectivity index (χ4v) is 10.5. The zero-order chi connectivity index (χ0) is 46.5. The third-order valence-electron chi connectivity index (χ3n) is 14.1. The van der Waals surface area contributed by atoms with Crippen molar-refractivity contribution < 1.29 is 0 Å². The topological polar surface area (TPSA) is 52.2 Å². The van der Waals surface area contributed by atoms with Gasteiger partial charge in [0, 0.05) is 73.1 Å². The molecule has 12 aromatic rings. The highest BCUT2D eigenvalue weighted by atomic mass is 15.1. The molecule has 0 aliphatic carbocycles. The highest BCUT2D eigenvalue weighted by molar-refractivity contribution is 6.12. The fraction of sp³-hybridized carbons (Fsp3) is 0.0469. The van der Waals surface area contributed by atoms with Crippen molar-refractivity contribution in [2.24, 2.45) is 0 Å². The minimum absolute atomic E-state index is 0.418. The van der Waals surface area contributed by atoms with Gasteiger partial charge in [0.05, 0.1) is 33.7 Å². The largest absolute Gasteiger partial charge is 0.310 e. The lowest BCUT2D eigenvalue weighted by Gasteiger charge is -2.29. The SMILES string of the molecule is N#Cc1ccc(N(c2ccc(-c3ccc(N(c4ccc(C5CCN5)cc4)c4ccc5c(c4)c4ccccc4n5-c4ccccc4)cc3)cc2)c2ccc3c(c2)c2ccccc2n3-c2ccccc2)cc1. The van der Waals surface area contributed by atoms with Crippen LogP contribution >= 0.6 is 0 Å². The molecule has 13 rings (SSSR count). The standard InChI is InChI=1S/C64H46N6/c65-43-44-19-27-50(28-20-44)67(54-35-37-63-58(41-54)56-15-7-9-17-61(56)69(63)48-11-3-1-4-12-48)51-29-21-45(22-30-51)46-23-31-52(32-24-46)68(53-33-25-47(26-34-53)60-39-40-66-60)55-36-38-64-59(42-55)57-16-8-10-18-62(57)70(64)49-13-5-2-6-14-49/h1-38,41-42,60,66H,39-40H2. The number of para-hydroxylation sites is 4. The van der Waals surface area contributed by atoms with Crippen LogP contribution < -0.4 is 15.1 Å². The summed E-state index contributed by atoms with van der Waals surface area (Å²) in [5.41, 5.74) is 17.5. The number of rotatable bonds is 10. The molecule has 1 unspecified atom stereocenters. The summed E-state index contributed by atoms with van der Waals surface area (Å²) in [5, 5.41) is 18.1. The van der Waals surface area contributed by atoms with Crippen LogP contribution in [0.2, 0.25) is 0 Å². The summed E-state index contributed by atoms with van der Waals surface area (Å²) in [6.45, 7) is 1.07. The molecule has 0 saturated carbocycles. The van der Waals surface area contributed by atoms with Crippen LogP contribution in [0.5, 0.6) is 0 Å². The number of anilines is 6. The Morgan fingerprint density at radius 2 is 0.757 bits per heavy atom. The molecular formula is C64H46N6. The number of nitriles is 1. The number of nitrogens with one attached hydrogen (secondary N) is 1. The van der Waals surface area contributed by atoms with Gasteiger partial charge in [0.25, 0.3) is 0 Å². The van der Waals surface area contributed by atoms with Gasteiger partial charge in [-0.1, -0.05) is 109 Å². The van der Waals surface area contributed by atoms with Crippen LogP contribution in [-0.2, 0) is 0 Å². The van der Waals surface area contributed by atoms with Crippen molar-refractivity contribution in [2.75, 3.05) is 16.3 Å². The third-order valence-corrected chi connectivity index (χ3v) is 14.1. The zero-order valence-electron chi connectivity index (χ0n) is 38.3. The van der Waals surface area contributed by atoms with E-state index in [0.717, 1.165) is 80.6 Å². The normalized spacial score (nSPS) is 13.4. The molecule has 1 N–H and O–H groups in total. The summed E-state index contributed by atoms with van der Waals surface area (Å²) in [4.78, 5) is 4.66.